The van der Waals surface area contributed by atoms with Crippen molar-refractivity contribution in [1.29, 1.82) is 5.26 Å². The molecule has 0 unspecified atom stereocenters. The third-order valence-electron chi connectivity index (χ3n) is 1.18. The second-order valence-corrected chi connectivity index (χ2v) is 2.00. The average molecular weight is 165 g/mol. The Balaban J connectivity index is 3.93. The molecule has 0 heterocycles. The van der Waals surface area contributed by atoms with Crippen LogP contribution in [0.4, 0.5) is 0 Å². The van der Waals surface area contributed by atoms with Gasteiger partial charge in [-0.25, -0.2) is 0 Å². The molecule has 0 atom stereocenters. The largest absolute Gasteiger partial charge is 0.358 e. The number of aliphatic imine (C=N–C) groups is 1. The zero-order chi connectivity index (χ0) is 9.40. The van der Waals surface area contributed by atoms with E-state index >= 15 is 0 Å². The first-order chi connectivity index (χ1) is 5.74. The summed E-state index contributed by atoms with van der Waals surface area (Å²) in [6.07, 6.45) is 3.02. The topological polar surface area (TPSA) is 65.2 Å². The van der Waals surface area contributed by atoms with Crippen LogP contribution in [0.5, 0.6) is 0 Å². The van der Waals surface area contributed by atoms with E-state index in [1.807, 2.05) is 6.07 Å². The monoisotopic (exact) mass is 165 g/mol. The van der Waals surface area contributed by atoms with E-state index in [1.165, 1.54) is 6.21 Å². The Bertz CT molecular complexity index is 248. The normalized spacial score (nSPS) is 11.2. The van der Waals surface area contributed by atoms with Gasteiger partial charge in [0.1, 0.15) is 12.6 Å². The van der Waals surface area contributed by atoms with Gasteiger partial charge in [-0.15, -0.1) is 0 Å². The van der Waals surface area contributed by atoms with Gasteiger partial charge in [-0.1, -0.05) is 6.08 Å². The zero-order valence-corrected chi connectivity index (χ0v) is 7.16. The molecule has 12 heavy (non-hydrogen) atoms. The van der Waals surface area contributed by atoms with Crippen LogP contribution in [0.25, 0.3) is 0 Å². The first-order valence-electron chi connectivity index (χ1n) is 3.51. The van der Waals surface area contributed by atoms with E-state index < -0.39 is 0 Å². The minimum absolute atomic E-state index is 0.0650. The maximum atomic E-state index is 10.6. The van der Waals surface area contributed by atoms with Crippen molar-refractivity contribution in [3.8, 4) is 6.07 Å². The summed E-state index contributed by atoms with van der Waals surface area (Å²) in [7, 11) is 1.54. The molecule has 1 N–H and O–H groups in total. The Kier molecular flexibility index (Phi) is 5.28. The summed E-state index contributed by atoms with van der Waals surface area (Å²) in [5.41, 5.74) is 0.457. The number of likely N-dealkylation sites (N-methyl/N-ethyl adjacent to an activating group) is 1. The number of rotatable bonds is 3. The summed E-state index contributed by atoms with van der Waals surface area (Å²) < 4.78 is 0. The summed E-state index contributed by atoms with van der Waals surface area (Å²) in [4.78, 5) is 14.4. The highest BCUT2D eigenvalue weighted by Gasteiger charge is 1.92. The van der Waals surface area contributed by atoms with E-state index in [2.05, 4.69) is 10.3 Å². The third kappa shape index (κ3) is 4.23. The van der Waals surface area contributed by atoms with Crippen LogP contribution in [0.2, 0.25) is 0 Å². The molecule has 4 nitrogen and oxygen atoms in total. The van der Waals surface area contributed by atoms with E-state index in [0.717, 1.165) is 0 Å². The molecule has 0 aliphatic heterocycles. The van der Waals surface area contributed by atoms with Crippen LogP contribution >= 0.6 is 0 Å². The van der Waals surface area contributed by atoms with E-state index in [9.17, 15) is 4.79 Å². The minimum atomic E-state index is -0.167. The number of nitrogens with one attached hydrogen (secondary N) is 1. The van der Waals surface area contributed by atoms with Crippen LogP contribution in [-0.4, -0.2) is 25.7 Å². The number of hydrogen-bond donors (Lipinski definition) is 1. The Morgan fingerprint density at radius 1 is 1.75 bits per heavy atom. The minimum Gasteiger partial charge on any atom is -0.358 e. The Morgan fingerprint density at radius 3 is 2.83 bits per heavy atom. The van der Waals surface area contributed by atoms with E-state index in [4.69, 9.17) is 5.26 Å². The standard InChI is InChI=1S/C8H11N3O/c1-3-7(4-9)5-11-6-8(12)10-2/h3,5H,6H2,1-2H3,(H,10,12). The number of amides is 1. The summed E-state index contributed by atoms with van der Waals surface area (Å²) >= 11 is 0. The maximum Gasteiger partial charge on any atom is 0.241 e. The lowest BCUT2D eigenvalue weighted by Gasteiger charge is -1.91. The van der Waals surface area contributed by atoms with Gasteiger partial charge in [0, 0.05) is 13.3 Å². The molecular weight excluding hydrogens is 154 g/mol. The summed E-state index contributed by atoms with van der Waals surface area (Å²) in [5, 5.41) is 10.9. The highest BCUT2D eigenvalue weighted by Crippen LogP contribution is 1.85. The first kappa shape index (κ1) is 10.4. The summed E-state index contributed by atoms with van der Waals surface area (Å²) in [6, 6.07) is 1.92. The van der Waals surface area contributed by atoms with Crippen molar-refractivity contribution in [3.05, 3.63) is 11.6 Å². The molecule has 0 saturated heterocycles. The molecule has 64 valence electrons. The van der Waals surface area contributed by atoms with Gasteiger partial charge in [-0.05, 0) is 6.92 Å². The van der Waals surface area contributed by atoms with Gasteiger partial charge in [0.2, 0.25) is 5.91 Å². The van der Waals surface area contributed by atoms with Crippen molar-refractivity contribution in [2.75, 3.05) is 13.6 Å². The number of hydrogen-bond acceptors (Lipinski definition) is 3. The molecule has 0 rings (SSSR count). The molecule has 1 amide bonds. The lowest BCUT2D eigenvalue weighted by atomic mass is 10.3. The fourth-order valence-electron chi connectivity index (χ4n) is 0.474. The lowest BCUT2D eigenvalue weighted by molar-refractivity contribution is -0.119. The van der Waals surface area contributed by atoms with Crippen LogP contribution in [0.3, 0.4) is 0 Å². The molecule has 0 fully saturated rings. The van der Waals surface area contributed by atoms with Crippen LogP contribution in [0.1, 0.15) is 6.92 Å². The van der Waals surface area contributed by atoms with Gasteiger partial charge in [-0.2, -0.15) is 5.26 Å². The van der Waals surface area contributed by atoms with Gasteiger partial charge >= 0.3 is 0 Å². The van der Waals surface area contributed by atoms with Gasteiger partial charge < -0.3 is 5.32 Å². The highest BCUT2D eigenvalue weighted by molar-refractivity contribution is 5.86. The maximum absolute atomic E-state index is 10.6. The second-order valence-electron chi connectivity index (χ2n) is 2.00. The first-order valence-corrected chi connectivity index (χ1v) is 3.51. The van der Waals surface area contributed by atoms with Crippen LogP contribution < -0.4 is 5.32 Å². The zero-order valence-electron chi connectivity index (χ0n) is 7.16. The fraction of sp³-hybridized carbons (Fsp3) is 0.375. The number of allylic oxidation sites excluding steroid dienone is 2. The predicted octanol–water partition coefficient (Wildman–Crippen LogP) is 0.273. The molecule has 0 aromatic rings. The summed E-state index contributed by atoms with van der Waals surface area (Å²) in [6.45, 7) is 1.81. The van der Waals surface area contributed by atoms with Crippen LogP contribution in [-0.2, 0) is 4.79 Å². The SMILES string of the molecule is CC=C(C#N)C=NCC(=O)NC. The Morgan fingerprint density at radius 2 is 2.42 bits per heavy atom. The van der Waals surface area contributed by atoms with Crippen molar-refractivity contribution in [1.82, 2.24) is 5.32 Å². The molecule has 0 radical (unpaired) electrons. The molecule has 0 spiro atoms. The van der Waals surface area contributed by atoms with Crippen LogP contribution in [0.15, 0.2) is 16.6 Å². The lowest BCUT2D eigenvalue weighted by Crippen LogP contribution is -2.20. The second kappa shape index (κ2) is 6.10. The average Bonchev–Trinajstić information content (AvgIpc) is 2.12. The molecular formula is C8H11N3O. The van der Waals surface area contributed by atoms with Gasteiger partial charge in [0.05, 0.1) is 5.57 Å². The van der Waals surface area contributed by atoms with Crippen molar-refractivity contribution in [2.24, 2.45) is 4.99 Å². The Hall–Kier alpha value is -1.63. The molecule has 0 saturated carbocycles. The van der Waals surface area contributed by atoms with Crippen LogP contribution in [0, 0.1) is 11.3 Å². The van der Waals surface area contributed by atoms with Crippen molar-refractivity contribution in [2.45, 2.75) is 6.92 Å². The van der Waals surface area contributed by atoms with E-state index in [0.29, 0.717) is 5.57 Å². The molecule has 0 aromatic heterocycles. The number of carbonyl (C=O) groups excluding carboxylic acids is 1. The smallest absolute Gasteiger partial charge is 0.241 e. The fourth-order valence-corrected chi connectivity index (χ4v) is 0.474. The van der Waals surface area contributed by atoms with E-state index in [-0.39, 0.29) is 12.5 Å². The summed E-state index contributed by atoms with van der Waals surface area (Å²) in [5.74, 6) is -0.167. The number of nitriles is 1. The van der Waals surface area contributed by atoms with Crippen molar-refractivity contribution >= 4 is 12.1 Å². The van der Waals surface area contributed by atoms with Crippen molar-refractivity contribution in [3.63, 3.8) is 0 Å². The molecule has 0 aliphatic rings. The Labute approximate surface area is 71.6 Å². The van der Waals surface area contributed by atoms with E-state index in [1.54, 1.807) is 20.0 Å². The molecule has 0 aromatic carbocycles. The molecule has 4 heteroatoms. The molecule has 0 aliphatic carbocycles. The van der Waals surface area contributed by atoms with Gasteiger partial charge in [0.25, 0.3) is 0 Å². The van der Waals surface area contributed by atoms with Gasteiger partial charge in [0.15, 0.2) is 0 Å². The predicted molar refractivity (Wildman–Crippen MR) is 46.8 cm³/mol. The number of nitrogens with zero attached hydrogens (tertiary/aromatic N) is 2. The molecule has 0 bridgehead atoms. The number of carbonyl (C=O) groups is 1. The highest BCUT2D eigenvalue weighted by atomic mass is 16.1. The quantitative estimate of drug-likeness (QED) is 0.482. The van der Waals surface area contributed by atoms with Crippen molar-refractivity contribution < 1.29 is 4.79 Å². The van der Waals surface area contributed by atoms with Gasteiger partial charge in [-0.3, -0.25) is 9.79 Å². The third-order valence-corrected chi connectivity index (χ3v) is 1.18.